The lowest BCUT2D eigenvalue weighted by atomic mass is 10.0. The second-order valence-corrected chi connectivity index (χ2v) is 9.54. The van der Waals surface area contributed by atoms with E-state index < -0.39 is 0 Å². The Morgan fingerprint density at radius 3 is 2.88 bits per heavy atom. The van der Waals surface area contributed by atoms with Crippen molar-refractivity contribution in [1.29, 1.82) is 0 Å². The number of ether oxygens (including phenoxy) is 2. The fourth-order valence-electron chi connectivity index (χ4n) is 4.19. The number of hydrogen-bond donors (Lipinski definition) is 1. The molecule has 4 aromatic rings. The molecule has 1 saturated heterocycles. The Kier molecular flexibility index (Phi) is 6.10. The quantitative estimate of drug-likeness (QED) is 0.428. The monoisotopic (exact) mass is 475 g/mol. The smallest absolute Gasteiger partial charge is 0.294 e. The summed E-state index contributed by atoms with van der Waals surface area (Å²) in [6.07, 6.45) is 0.650. The van der Waals surface area contributed by atoms with Crippen molar-refractivity contribution in [3.63, 3.8) is 0 Å². The summed E-state index contributed by atoms with van der Waals surface area (Å²) < 4.78 is 12.9. The molecule has 0 amide bonds. The second-order valence-electron chi connectivity index (χ2n) is 8.59. The van der Waals surface area contributed by atoms with E-state index in [2.05, 4.69) is 46.6 Å². The van der Waals surface area contributed by atoms with Gasteiger partial charge >= 0.3 is 0 Å². The van der Waals surface area contributed by atoms with E-state index in [4.69, 9.17) is 9.47 Å². The molecule has 7 nitrogen and oxygen atoms in total. The molecule has 1 N–H and O–H groups in total. The molecule has 0 aliphatic carbocycles. The summed E-state index contributed by atoms with van der Waals surface area (Å²) in [7, 11) is 1.71. The van der Waals surface area contributed by atoms with E-state index >= 15 is 0 Å². The van der Waals surface area contributed by atoms with Crippen LogP contribution in [0.2, 0.25) is 0 Å². The van der Waals surface area contributed by atoms with Crippen LogP contribution in [0.3, 0.4) is 0 Å². The second kappa shape index (κ2) is 9.19. The van der Waals surface area contributed by atoms with Crippen LogP contribution in [-0.2, 0) is 11.8 Å². The van der Waals surface area contributed by atoms with Gasteiger partial charge in [0.05, 0.1) is 24.6 Å². The molecule has 1 radical (unpaired) electrons. The lowest BCUT2D eigenvalue weighted by Gasteiger charge is -2.18. The van der Waals surface area contributed by atoms with Crippen molar-refractivity contribution in [3.05, 3.63) is 75.3 Å². The van der Waals surface area contributed by atoms with Crippen LogP contribution in [0.25, 0.3) is 22.2 Å². The first-order chi connectivity index (χ1) is 16.4. The van der Waals surface area contributed by atoms with Gasteiger partial charge in [0.25, 0.3) is 5.56 Å². The van der Waals surface area contributed by atoms with Gasteiger partial charge in [0, 0.05) is 24.4 Å². The van der Waals surface area contributed by atoms with Crippen molar-refractivity contribution in [2.45, 2.75) is 32.4 Å². The summed E-state index contributed by atoms with van der Waals surface area (Å²) in [5.41, 5.74) is 3.64. The van der Waals surface area contributed by atoms with E-state index in [9.17, 15) is 4.79 Å². The molecule has 0 bridgehead atoms. The minimum Gasteiger partial charge on any atom is -0.482 e. The van der Waals surface area contributed by atoms with Crippen molar-refractivity contribution in [2.75, 3.05) is 18.5 Å². The Morgan fingerprint density at radius 1 is 1.29 bits per heavy atom. The van der Waals surface area contributed by atoms with Gasteiger partial charge in [-0.25, -0.2) is 9.97 Å². The summed E-state index contributed by atoms with van der Waals surface area (Å²) in [4.78, 5) is 23.3. The van der Waals surface area contributed by atoms with Crippen LogP contribution in [0.15, 0.2) is 46.6 Å². The Bertz CT molecular complexity index is 1410. The molecule has 0 unspecified atom stereocenters. The molecule has 5 rings (SSSR count). The summed E-state index contributed by atoms with van der Waals surface area (Å²) in [6, 6.07) is 12.1. The topological polar surface area (TPSA) is 78.3 Å². The largest absolute Gasteiger partial charge is 0.482 e. The Hall–Kier alpha value is -3.23. The van der Waals surface area contributed by atoms with Gasteiger partial charge in [-0.2, -0.15) is 0 Å². The predicted octanol–water partition coefficient (Wildman–Crippen LogP) is 4.89. The number of fused-ring (bicyclic) bond motifs is 1. The normalized spacial score (nSPS) is 16.6. The highest BCUT2D eigenvalue weighted by molar-refractivity contribution is 7.10. The summed E-state index contributed by atoms with van der Waals surface area (Å²) in [5.74, 6) is 1.55. The first-order valence-corrected chi connectivity index (χ1v) is 12.2. The Balaban J connectivity index is 1.49. The van der Waals surface area contributed by atoms with Crippen molar-refractivity contribution in [1.82, 2.24) is 14.5 Å². The number of aryl methyl sites for hydroxylation is 2. The van der Waals surface area contributed by atoms with Crippen LogP contribution < -0.4 is 15.6 Å². The first-order valence-electron chi connectivity index (χ1n) is 11.3. The molecule has 4 heterocycles. The Labute approximate surface area is 202 Å². The number of aromatic nitrogens is 3. The summed E-state index contributed by atoms with van der Waals surface area (Å²) >= 11 is 1.69. The van der Waals surface area contributed by atoms with Crippen molar-refractivity contribution in [2.24, 2.45) is 7.05 Å². The third-order valence-electron chi connectivity index (χ3n) is 6.06. The standard InChI is InChI=1S/C26H27N4O3S/c1-15-7-5-6-8-20(15)18-11-23(34-14-18)16(2)27-24-21-12-22(33-19-9-10-32-13-19)26(31)30(4)25(21)29-17(3)28-24/h5-8,11-12,14,16,19H,1,9-10,13H2,2-4H3,(H,27,28,29)/t16-,19+/m1/s1. The molecule has 34 heavy (non-hydrogen) atoms. The molecule has 0 spiro atoms. The van der Waals surface area contributed by atoms with Gasteiger partial charge in [-0.15, -0.1) is 11.3 Å². The summed E-state index contributed by atoms with van der Waals surface area (Å²) in [6.45, 7) is 9.21. The molecule has 1 aromatic carbocycles. The van der Waals surface area contributed by atoms with Gasteiger partial charge in [-0.1, -0.05) is 24.3 Å². The molecule has 1 aliphatic rings. The SMILES string of the molecule is [CH2]c1ccccc1-c1csc([C@@H](C)Nc2nc(C)nc3c2cc(O[C@H]2CCOC2)c(=O)n3C)c1. The van der Waals surface area contributed by atoms with Crippen LogP contribution in [0.4, 0.5) is 5.82 Å². The highest BCUT2D eigenvalue weighted by atomic mass is 32.1. The first kappa shape index (κ1) is 22.6. The van der Waals surface area contributed by atoms with Crippen molar-refractivity contribution in [3.8, 4) is 16.9 Å². The molecular weight excluding hydrogens is 448 g/mol. The third kappa shape index (κ3) is 4.31. The predicted molar refractivity (Wildman–Crippen MR) is 136 cm³/mol. The van der Waals surface area contributed by atoms with Crippen LogP contribution in [0.1, 0.15) is 35.7 Å². The van der Waals surface area contributed by atoms with Crippen LogP contribution in [0, 0.1) is 13.8 Å². The fraction of sp³-hybridized carbons (Fsp3) is 0.308. The van der Waals surface area contributed by atoms with Crippen molar-refractivity contribution < 1.29 is 9.47 Å². The van der Waals surface area contributed by atoms with Crippen LogP contribution >= 0.6 is 11.3 Å². The van der Waals surface area contributed by atoms with E-state index in [0.717, 1.165) is 28.5 Å². The highest BCUT2D eigenvalue weighted by Gasteiger charge is 2.22. The average Bonchev–Trinajstić information content (AvgIpc) is 3.51. The number of nitrogens with one attached hydrogen (secondary N) is 1. The van der Waals surface area contributed by atoms with Gasteiger partial charge in [-0.3, -0.25) is 9.36 Å². The Morgan fingerprint density at radius 2 is 2.12 bits per heavy atom. The van der Waals surface area contributed by atoms with Crippen LogP contribution in [-0.4, -0.2) is 33.9 Å². The maximum atomic E-state index is 12.9. The number of nitrogens with zero attached hydrogens (tertiary/aromatic N) is 3. The van der Waals surface area contributed by atoms with Gasteiger partial charge in [0.2, 0.25) is 0 Å². The average molecular weight is 476 g/mol. The van der Waals surface area contributed by atoms with E-state index in [1.165, 1.54) is 9.44 Å². The van der Waals surface area contributed by atoms with E-state index in [0.29, 0.717) is 36.3 Å². The van der Waals surface area contributed by atoms with Gasteiger partial charge in [0.1, 0.15) is 23.4 Å². The minimum absolute atomic E-state index is 0.00179. The maximum Gasteiger partial charge on any atom is 0.294 e. The number of anilines is 1. The summed E-state index contributed by atoms with van der Waals surface area (Å²) in [5, 5.41) is 6.43. The van der Waals surface area contributed by atoms with E-state index in [1.807, 2.05) is 25.1 Å². The zero-order valence-electron chi connectivity index (χ0n) is 19.5. The molecule has 175 valence electrons. The van der Waals surface area contributed by atoms with E-state index in [-0.39, 0.29) is 17.7 Å². The maximum absolute atomic E-state index is 12.9. The molecule has 0 saturated carbocycles. The number of benzene rings is 1. The zero-order valence-corrected chi connectivity index (χ0v) is 20.3. The molecule has 1 aliphatic heterocycles. The lowest BCUT2D eigenvalue weighted by molar-refractivity contribution is 0.140. The molecule has 3 aromatic heterocycles. The molecule has 2 atom stereocenters. The molecule has 1 fully saturated rings. The van der Waals surface area contributed by atoms with Gasteiger partial charge < -0.3 is 14.8 Å². The van der Waals surface area contributed by atoms with Crippen molar-refractivity contribution >= 4 is 28.2 Å². The number of rotatable bonds is 6. The highest BCUT2D eigenvalue weighted by Crippen LogP contribution is 2.33. The zero-order chi connectivity index (χ0) is 23.8. The van der Waals surface area contributed by atoms with Gasteiger partial charge in [0.15, 0.2) is 5.75 Å². The molecular formula is C26H27N4O3S. The number of thiophene rings is 1. The lowest BCUT2D eigenvalue weighted by Crippen LogP contribution is -2.25. The molecule has 8 heteroatoms. The number of hydrogen-bond acceptors (Lipinski definition) is 7. The third-order valence-corrected chi connectivity index (χ3v) is 7.17. The minimum atomic E-state index is -0.216. The van der Waals surface area contributed by atoms with Crippen LogP contribution in [0.5, 0.6) is 5.75 Å². The number of pyridine rings is 1. The van der Waals surface area contributed by atoms with E-state index in [1.54, 1.807) is 24.5 Å². The fourth-order valence-corrected chi connectivity index (χ4v) is 5.10. The van der Waals surface area contributed by atoms with Gasteiger partial charge in [-0.05, 0) is 48.9 Å².